The van der Waals surface area contributed by atoms with Crippen molar-refractivity contribution in [1.29, 1.82) is 0 Å². The summed E-state index contributed by atoms with van der Waals surface area (Å²) in [6.07, 6.45) is 1.40. The van der Waals surface area contributed by atoms with Crippen LogP contribution >= 0.6 is 0 Å². The number of carbonyl (C=O) groups is 2. The molecule has 0 saturated heterocycles. The van der Waals surface area contributed by atoms with Gasteiger partial charge >= 0.3 is 5.91 Å². The SMILES string of the molecule is COc1cccc(C=NNC(=O)c2ccc(COc3ccc(-n4c(C)ccc4C)cc3)o2)c1OCC(=O)Nc1ccc(C)cc1. The van der Waals surface area contributed by atoms with Gasteiger partial charge in [0.05, 0.1) is 13.3 Å². The number of furan rings is 1. The van der Waals surface area contributed by atoms with Gasteiger partial charge in [-0.15, -0.1) is 0 Å². The van der Waals surface area contributed by atoms with E-state index >= 15 is 0 Å². The minimum Gasteiger partial charge on any atom is -0.493 e. The van der Waals surface area contributed by atoms with E-state index in [1.807, 2.05) is 55.5 Å². The van der Waals surface area contributed by atoms with Crippen LogP contribution in [0.2, 0.25) is 0 Å². The Bertz CT molecular complexity index is 1780. The Morgan fingerprint density at radius 3 is 2.31 bits per heavy atom. The van der Waals surface area contributed by atoms with E-state index in [9.17, 15) is 9.59 Å². The molecule has 45 heavy (non-hydrogen) atoms. The number of nitrogens with zero attached hydrogens (tertiary/aromatic N) is 2. The molecule has 0 saturated carbocycles. The number of benzene rings is 3. The van der Waals surface area contributed by atoms with Crippen molar-refractivity contribution in [3.8, 4) is 22.9 Å². The minimum atomic E-state index is -0.540. The summed E-state index contributed by atoms with van der Waals surface area (Å²) < 4.78 is 24.9. The average Bonchev–Trinajstić information content (AvgIpc) is 3.66. The number of rotatable bonds is 12. The summed E-state index contributed by atoms with van der Waals surface area (Å²) in [7, 11) is 1.50. The molecule has 0 aliphatic rings. The Balaban J connectivity index is 1.15. The number of hydrogen-bond donors (Lipinski definition) is 2. The van der Waals surface area contributed by atoms with E-state index in [-0.39, 0.29) is 24.9 Å². The third-order valence-electron chi connectivity index (χ3n) is 6.91. The second-order valence-corrected chi connectivity index (χ2v) is 10.3. The van der Waals surface area contributed by atoms with Crippen LogP contribution in [-0.2, 0) is 11.4 Å². The van der Waals surface area contributed by atoms with Crippen LogP contribution in [0.4, 0.5) is 5.69 Å². The van der Waals surface area contributed by atoms with Crippen molar-refractivity contribution in [2.24, 2.45) is 5.10 Å². The van der Waals surface area contributed by atoms with Crippen LogP contribution in [0.1, 0.15) is 38.8 Å². The Hall–Kier alpha value is -5.77. The van der Waals surface area contributed by atoms with Gasteiger partial charge in [0, 0.05) is 28.3 Å². The number of ether oxygens (including phenoxy) is 3. The first-order valence-electron chi connectivity index (χ1n) is 14.3. The summed E-state index contributed by atoms with van der Waals surface area (Å²) in [4.78, 5) is 25.1. The predicted octanol–water partition coefficient (Wildman–Crippen LogP) is 6.36. The second-order valence-electron chi connectivity index (χ2n) is 10.3. The standard InChI is InChI=1S/C35H34N4O6/c1-23-8-12-27(13-9-23)37-33(40)22-44-34-26(6-5-7-31(34)42-4)20-36-38-35(41)32-19-18-30(45-32)21-43-29-16-14-28(15-17-29)39-24(2)10-11-25(39)3/h5-20H,21-22H2,1-4H3,(H,37,40)(H,38,41). The van der Waals surface area contributed by atoms with Crippen molar-refractivity contribution in [3.05, 3.63) is 125 Å². The monoisotopic (exact) mass is 606 g/mol. The Kier molecular flexibility index (Phi) is 9.64. The molecule has 10 heteroatoms. The molecule has 2 aromatic heterocycles. The smallest absolute Gasteiger partial charge is 0.307 e. The molecule has 0 radical (unpaired) electrons. The van der Waals surface area contributed by atoms with E-state index in [1.54, 1.807) is 30.3 Å². The number of aromatic nitrogens is 1. The lowest BCUT2D eigenvalue weighted by molar-refractivity contribution is -0.118. The highest BCUT2D eigenvalue weighted by molar-refractivity contribution is 5.94. The highest BCUT2D eigenvalue weighted by atomic mass is 16.5. The molecule has 0 unspecified atom stereocenters. The van der Waals surface area contributed by atoms with E-state index in [0.29, 0.717) is 34.3 Å². The van der Waals surface area contributed by atoms with Crippen molar-refractivity contribution in [3.63, 3.8) is 0 Å². The molecule has 0 bridgehead atoms. The Labute approximate surface area is 261 Å². The Morgan fingerprint density at radius 1 is 0.867 bits per heavy atom. The number of amides is 2. The average molecular weight is 607 g/mol. The van der Waals surface area contributed by atoms with Gasteiger partial charge in [0.1, 0.15) is 18.1 Å². The van der Waals surface area contributed by atoms with Gasteiger partial charge in [-0.1, -0.05) is 23.8 Å². The van der Waals surface area contributed by atoms with Gasteiger partial charge < -0.3 is 28.5 Å². The number of hydrogen-bond acceptors (Lipinski definition) is 7. The number of nitrogens with one attached hydrogen (secondary N) is 2. The second kappa shape index (κ2) is 14.1. The highest BCUT2D eigenvalue weighted by Crippen LogP contribution is 2.30. The molecule has 0 fully saturated rings. The molecular weight excluding hydrogens is 572 g/mol. The lowest BCUT2D eigenvalue weighted by Crippen LogP contribution is -2.21. The highest BCUT2D eigenvalue weighted by Gasteiger charge is 2.14. The third kappa shape index (κ3) is 7.80. The molecule has 5 aromatic rings. The molecular formula is C35H34N4O6. The fourth-order valence-corrected chi connectivity index (χ4v) is 4.64. The maximum Gasteiger partial charge on any atom is 0.307 e. The molecule has 230 valence electrons. The van der Waals surface area contributed by atoms with Crippen molar-refractivity contribution >= 4 is 23.7 Å². The van der Waals surface area contributed by atoms with Crippen LogP contribution < -0.4 is 25.0 Å². The molecule has 2 amide bonds. The van der Waals surface area contributed by atoms with Crippen LogP contribution in [-0.4, -0.2) is 36.3 Å². The fraction of sp³-hybridized carbons (Fsp3) is 0.171. The van der Waals surface area contributed by atoms with Crippen LogP contribution in [0.25, 0.3) is 5.69 Å². The van der Waals surface area contributed by atoms with Gasteiger partial charge in [-0.2, -0.15) is 5.10 Å². The Morgan fingerprint density at radius 2 is 1.60 bits per heavy atom. The van der Waals surface area contributed by atoms with Gasteiger partial charge in [-0.05, 0) is 93.6 Å². The van der Waals surface area contributed by atoms with Crippen molar-refractivity contribution in [2.75, 3.05) is 19.0 Å². The molecule has 0 aliphatic heterocycles. The summed E-state index contributed by atoms with van der Waals surface area (Å²) in [6, 6.07) is 27.8. The molecule has 0 aliphatic carbocycles. The van der Waals surface area contributed by atoms with Gasteiger partial charge in [-0.3, -0.25) is 9.59 Å². The van der Waals surface area contributed by atoms with E-state index in [4.69, 9.17) is 18.6 Å². The molecule has 3 aromatic carbocycles. The summed E-state index contributed by atoms with van der Waals surface area (Å²) >= 11 is 0. The maximum absolute atomic E-state index is 12.7. The van der Waals surface area contributed by atoms with Gasteiger partial charge in [-0.25, -0.2) is 5.43 Å². The zero-order chi connectivity index (χ0) is 31.8. The first kappa shape index (κ1) is 30.7. The molecule has 10 nitrogen and oxygen atoms in total. The first-order valence-corrected chi connectivity index (χ1v) is 14.3. The summed E-state index contributed by atoms with van der Waals surface area (Å²) in [5.41, 5.74) is 8.07. The largest absolute Gasteiger partial charge is 0.493 e. The number of carbonyl (C=O) groups excluding carboxylic acids is 2. The van der Waals surface area contributed by atoms with Crippen LogP contribution in [0, 0.1) is 20.8 Å². The molecule has 5 rings (SSSR count). The van der Waals surface area contributed by atoms with Crippen molar-refractivity contribution < 1.29 is 28.2 Å². The number of hydrazone groups is 1. The van der Waals surface area contributed by atoms with E-state index in [0.717, 1.165) is 22.6 Å². The molecule has 0 spiro atoms. The third-order valence-corrected chi connectivity index (χ3v) is 6.91. The maximum atomic E-state index is 12.7. The summed E-state index contributed by atoms with van der Waals surface area (Å²) in [6.45, 7) is 6.00. The van der Waals surface area contributed by atoms with Crippen molar-refractivity contribution in [1.82, 2.24) is 9.99 Å². The fourth-order valence-electron chi connectivity index (χ4n) is 4.64. The van der Waals surface area contributed by atoms with Crippen molar-refractivity contribution in [2.45, 2.75) is 27.4 Å². The van der Waals surface area contributed by atoms with Crippen LogP contribution in [0.5, 0.6) is 17.2 Å². The molecule has 2 N–H and O–H groups in total. The summed E-state index contributed by atoms with van der Waals surface area (Å²) in [5.74, 6) is 1.08. The quantitative estimate of drug-likeness (QED) is 0.126. The number of methoxy groups -OCH3 is 1. The predicted molar refractivity (Wildman–Crippen MR) is 172 cm³/mol. The lowest BCUT2D eigenvalue weighted by atomic mass is 10.2. The zero-order valence-electron chi connectivity index (χ0n) is 25.5. The van der Waals surface area contributed by atoms with Gasteiger partial charge in [0.15, 0.2) is 23.9 Å². The lowest BCUT2D eigenvalue weighted by Gasteiger charge is -2.13. The first-order chi connectivity index (χ1) is 21.8. The minimum absolute atomic E-state index is 0.0783. The van der Waals surface area contributed by atoms with Crippen LogP contribution in [0.3, 0.4) is 0 Å². The topological polar surface area (TPSA) is 116 Å². The number of anilines is 1. The van der Waals surface area contributed by atoms with E-state index in [2.05, 4.69) is 46.4 Å². The molecule has 2 heterocycles. The van der Waals surface area contributed by atoms with Gasteiger partial charge in [0.2, 0.25) is 0 Å². The zero-order valence-corrected chi connectivity index (χ0v) is 25.5. The molecule has 0 atom stereocenters. The van der Waals surface area contributed by atoms with Crippen LogP contribution in [0.15, 0.2) is 101 Å². The summed E-state index contributed by atoms with van der Waals surface area (Å²) in [5, 5.41) is 6.84. The van der Waals surface area contributed by atoms with E-state index < -0.39 is 5.91 Å². The van der Waals surface area contributed by atoms with E-state index in [1.165, 1.54) is 13.3 Å². The normalized spacial score (nSPS) is 10.9. The number of para-hydroxylation sites is 1. The number of aryl methyl sites for hydroxylation is 3. The van der Waals surface area contributed by atoms with Gasteiger partial charge in [0.25, 0.3) is 5.91 Å².